The van der Waals surface area contributed by atoms with Gasteiger partial charge in [0.25, 0.3) is 0 Å². The number of aliphatic hydroxyl groups is 1. The van der Waals surface area contributed by atoms with Crippen LogP contribution in [0.1, 0.15) is 43.5 Å². The van der Waals surface area contributed by atoms with E-state index in [0.717, 1.165) is 18.5 Å². The molecule has 2 aliphatic rings. The number of fused-ring (bicyclic) bond motifs is 1. The van der Waals surface area contributed by atoms with Gasteiger partial charge in [-0.3, -0.25) is 4.98 Å². The zero-order valence-corrected chi connectivity index (χ0v) is 16.1. The zero-order valence-electron chi connectivity index (χ0n) is 16.1. The summed E-state index contributed by atoms with van der Waals surface area (Å²) in [5.74, 6) is 1.00. The normalized spacial score (nSPS) is 21.9. The van der Waals surface area contributed by atoms with Gasteiger partial charge in [-0.1, -0.05) is 26.0 Å². The van der Waals surface area contributed by atoms with E-state index >= 15 is 0 Å². The summed E-state index contributed by atoms with van der Waals surface area (Å²) >= 11 is 0. The molecule has 0 aliphatic heterocycles. The minimum atomic E-state index is -0.341. The highest BCUT2D eigenvalue weighted by atomic mass is 16.3. The summed E-state index contributed by atoms with van der Waals surface area (Å²) in [6, 6.07) is 6.28. The lowest BCUT2D eigenvalue weighted by molar-refractivity contribution is -0.0511. The van der Waals surface area contributed by atoms with Crippen molar-refractivity contribution >= 4 is 17.3 Å². The summed E-state index contributed by atoms with van der Waals surface area (Å²) in [4.78, 5) is 13.2. The minimum absolute atomic E-state index is 0.0741. The maximum absolute atomic E-state index is 9.94. The van der Waals surface area contributed by atoms with Crippen molar-refractivity contribution in [3.63, 3.8) is 0 Å². The number of hydrogen-bond donors (Lipinski definition) is 3. The molecule has 2 heterocycles. The molecule has 0 bridgehead atoms. The molecule has 2 aromatic heterocycles. The number of rotatable bonds is 6. The van der Waals surface area contributed by atoms with E-state index in [1.165, 1.54) is 17.3 Å². The number of hydrogen-bond acceptors (Lipinski definition) is 7. The Labute approximate surface area is 164 Å². The fraction of sp³-hybridized carbons (Fsp3) is 0.429. The molecule has 3 N–H and O–H groups in total. The second-order valence-electron chi connectivity index (χ2n) is 7.95. The molecule has 0 spiro atoms. The molecule has 2 aliphatic carbocycles. The number of anilines is 2. The van der Waals surface area contributed by atoms with E-state index in [1.807, 2.05) is 26.1 Å². The van der Waals surface area contributed by atoms with E-state index in [0.29, 0.717) is 30.3 Å². The van der Waals surface area contributed by atoms with Crippen LogP contribution in [0.3, 0.4) is 0 Å². The Bertz CT molecular complexity index is 962. The third-order valence-electron chi connectivity index (χ3n) is 5.89. The maximum atomic E-state index is 9.94. The van der Waals surface area contributed by atoms with Crippen molar-refractivity contribution in [3.05, 3.63) is 47.4 Å². The second kappa shape index (κ2) is 7.21. The smallest absolute Gasteiger partial charge is 0.224 e. The number of allylic oxidation sites excluding steroid dienone is 1. The molecule has 0 aromatic carbocycles. The third kappa shape index (κ3) is 3.32. The van der Waals surface area contributed by atoms with E-state index in [9.17, 15) is 10.4 Å². The summed E-state index contributed by atoms with van der Waals surface area (Å²) in [5, 5.41) is 25.9. The summed E-state index contributed by atoms with van der Waals surface area (Å²) in [5.41, 5.74) is 3.79. The average Bonchev–Trinajstić information content (AvgIpc) is 3.11. The standard InChI is InChI=1S/C21H24N6O/c1-21(2)17(10-18(21)28)26-19-14(11-22)12-25-20(27-19)24-9-7-13-5-6-16-15(13)4-3-8-23-16/h3-5,8,12,17-18,28H,6-7,9-10H2,1-2H3,(H2,24,25,26,27)/t17-,18+/m1/s1. The van der Waals surface area contributed by atoms with E-state index in [-0.39, 0.29) is 17.6 Å². The Hall–Kier alpha value is -2.98. The Kier molecular flexibility index (Phi) is 4.73. The first-order chi connectivity index (χ1) is 13.5. The average molecular weight is 376 g/mol. The molecule has 0 amide bonds. The Morgan fingerprint density at radius 2 is 2.21 bits per heavy atom. The predicted octanol–water partition coefficient (Wildman–Crippen LogP) is 2.76. The van der Waals surface area contributed by atoms with Gasteiger partial charge in [-0.25, -0.2) is 4.98 Å². The largest absolute Gasteiger partial charge is 0.392 e. The number of aromatic nitrogens is 3. The molecule has 0 radical (unpaired) electrons. The van der Waals surface area contributed by atoms with Crippen LogP contribution in [0.4, 0.5) is 11.8 Å². The van der Waals surface area contributed by atoms with Gasteiger partial charge in [0, 0.05) is 30.6 Å². The lowest BCUT2D eigenvalue weighted by Gasteiger charge is -2.49. The first-order valence-corrected chi connectivity index (χ1v) is 9.58. The van der Waals surface area contributed by atoms with Crippen LogP contribution in [0.15, 0.2) is 30.6 Å². The molecular formula is C21H24N6O. The molecule has 1 saturated carbocycles. The van der Waals surface area contributed by atoms with E-state index < -0.39 is 0 Å². The number of aliphatic hydroxyl groups excluding tert-OH is 1. The fourth-order valence-electron chi connectivity index (χ4n) is 3.74. The van der Waals surface area contributed by atoms with Crippen molar-refractivity contribution in [2.24, 2.45) is 5.41 Å². The summed E-state index contributed by atoms with van der Waals surface area (Å²) in [7, 11) is 0. The summed E-state index contributed by atoms with van der Waals surface area (Å²) in [6.07, 6.45) is 7.63. The van der Waals surface area contributed by atoms with Crippen molar-refractivity contribution in [3.8, 4) is 6.07 Å². The fourth-order valence-corrected chi connectivity index (χ4v) is 3.74. The summed E-state index contributed by atoms with van der Waals surface area (Å²) < 4.78 is 0. The molecular weight excluding hydrogens is 352 g/mol. The minimum Gasteiger partial charge on any atom is -0.392 e. The van der Waals surface area contributed by atoms with Crippen molar-refractivity contribution in [1.82, 2.24) is 15.0 Å². The Balaban J connectivity index is 1.40. The predicted molar refractivity (Wildman–Crippen MR) is 108 cm³/mol. The zero-order chi connectivity index (χ0) is 19.7. The van der Waals surface area contributed by atoms with Crippen LogP contribution >= 0.6 is 0 Å². The van der Waals surface area contributed by atoms with Gasteiger partial charge >= 0.3 is 0 Å². The van der Waals surface area contributed by atoms with E-state index in [1.54, 1.807) is 0 Å². The molecule has 144 valence electrons. The summed E-state index contributed by atoms with van der Waals surface area (Å²) in [6.45, 7) is 4.71. The number of nitrogens with zero attached hydrogens (tertiary/aromatic N) is 4. The van der Waals surface area contributed by atoms with Gasteiger partial charge < -0.3 is 15.7 Å². The quantitative estimate of drug-likeness (QED) is 0.711. The maximum Gasteiger partial charge on any atom is 0.224 e. The first kappa shape index (κ1) is 18.4. The van der Waals surface area contributed by atoms with E-state index in [4.69, 9.17) is 0 Å². The van der Waals surface area contributed by atoms with Gasteiger partial charge in [0.05, 0.1) is 18.0 Å². The van der Waals surface area contributed by atoms with Crippen LogP contribution in [-0.4, -0.2) is 38.7 Å². The van der Waals surface area contributed by atoms with Gasteiger partial charge in [0.2, 0.25) is 5.95 Å². The van der Waals surface area contributed by atoms with Crippen LogP contribution in [-0.2, 0) is 6.42 Å². The highest BCUT2D eigenvalue weighted by Crippen LogP contribution is 2.42. The van der Waals surface area contributed by atoms with Crippen LogP contribution < -0.4 is 10.6 Å². The SMILES string of the molecule is CC1(C)[C@@H](O)C[C@H]1Nc1nc(NCCC2=CCc3ncccc32)ncc1C#N. The molecule has 28 heavy (non-hydrogen) atoms. The molecule has 2 atom stereocenters. The molecule has 2 aromatic rings. The lowest BCUT2D eigenvalue weighted by atomic mass is 9.64. The molecule has 7 heteroatoms. The molecule has 0 unspecified atom stereocenters. The van der Waals surface area contributed by atoms with Crippen LogP contribution in [0.25, 0.3) is 5.57 Å². The van der Waals surface area contributed by atoms with Crippen molar-refractivity contribution < 1.29 is 5.11 Å². The molecule has 1 fully saturated rings. The molecule has 7 nitrogen and oxygen atoms in total. The second-order valence-corrected chi connectivity index (χ2v) is 7.95. The number of nitriles is 1. The van der Waals surface area contributed by atoms with Gasteiger partial charge in [-0.2, -0.15) is 10.2 Å². The third-order valence-corrected chi connectivity index (χ3v) is 5.89. The van der Waals surface area contributed by atoms with Gasteiger partial charge in [0.1, 0.15) is 17.5 Å². The molecule has 0 saturated heterocycles. The van der Waals surface area contributed by atoms with Crippen molar-refractivity contribution in [2.75, 3.05) is 17.2 Å². The van der Waals surface area contributed by atoms with Gasteiger partial charge in [-0.15, -0.1) is 0 Å². The molecule has 4 rings (SSSR count). The Morgan fingerprint density at radius 3 is 2.96 bits per heavy atom. The van der Waals surface area contributed by atoms with Crippen molar-refractivity contribution in [2.45, 2.75) is 45.3 Å². The monoisotopic (exact) mass is 376 g/mol. The highest BCUT2D eigenvalue weighted by molar-refractivity contribution is 5.71. The van der Waals surface area contributed by atoms with Crippen LogP contribution in [0.5, 0.6) is 0 Å². The first-order valence-electron chi connectivity index (χ1n) is 9.58. The number of pyridine rings is 1. The van der Waals surface area contributed by atoms with Gasteiger partial charge in [-0.05, 0) is 30.0 Å². The van der Waals surface area contributed by atoms with Crippen molar-refractivity contribution in [1.29, 1.82) is 5.26 Å². The lowest BCUT2D eigenvalue weighted by Crippen LogP contribution is -2.57. The van der Waals surface area contributed by atoms with Gasteiger partial charge in [0.15, 0.2) is 0 Å². The number of nitrogens with one attached hydrogen (secondary N) is 2. The van der Waals surface area contributed by atoms with E-state index in [2.05, 4.69) is 43.8 Å². The van der Waals surface area contributed by atoms with Crippen LogP contribution in [0.2, 0.25) is 0 Å². The topological polar surface area (TPSA) is 107 Å². The van der Waals surface area contributed by atoms with Crippen LogP contribution in [0, 0.1) is 16.7 Å². The Morgan fingerprint density at radius 1 is 1.36 bits per heavy atom. The highest BCUT2D eigenvalue weighted by Gasteiger charge is 2.47.